The second-order valence-corrected chi connectivity index (χ2v) is 4.71. The molecule has 3 N–H and O–H groups in total. The second kappa shape index (κ2) is 6.91. The van der Waals surface area contributed by atoms with E-state index in [-0.39, 0.29) is 6.04 Å². The first-order valence-electron chi connectivity index (χ1n) is 6.59. The zero-order chi connectivity index (χ0) is 14.4. The van der Waals surface area contributed by atoms with E-state index in [2.05, 4.69) is 10.6 Å². The van der Waals surface area contributed by atoms with Crippen LogP contribution in [-0.2, 0) is 9.53 Å². The van der Waals surface area contributed by atoms with Crippen LogP contribution in [0, 0.1) is 0 Å². The maximum atomic E-state index is 11.9. The van der Waals surface area contributed by atoms with Gasteiger partial charge in [0.25, 0.3) is 0 Å². The van der Waals surface area contributed by atoms with Crippen LogP contribution in [0.5, 0.6) is 0 Å². The minimum atomic E-state index is -1.09. The molecule has 1 heterocycles. The van der Waals surface area contributed by atoms with Gasteiger partial charge in [-0.05, 0) is 18.4 Å². The summed E-state index contributed by atoms with van der Waals surface area (Å²) in [6, 6.07) is 7.00. The third-order valence-corrected chi connectivity index (χ3v) is 3.15. The average molecular weight is 278 g/mol. The summed E-state index contributed by atoms with van der Waals surface area (Å²) in [5.74, 6) is -1.09. The van der Waals surface area contributed by atoms with Crippen LogP contribution in [-0.4, -0.2) is 36.4 Å². The topological polar surface area (TPSA) is 87.7 Å². The number of hydrogen-bond acceptors (Lipinski definition) is 3. The molecule has 2 amide bonds. The minimum absolute atomic E-state index is 0.0611. The summed E-state index contributed by atoms with van der Waals surface area (Å²) in [7, 11) is 0. The van der Waals surface area contributed by atoms with Crippen LogP contribution in [0.15, 0.2) is 30.3 Å². The van der Waals surface area contributed by atoms with Crippen LogP contribution in [0.4, 0.5) is 4.79 Å². The number of carboxylic acid groups (broad SMARTS) is 1. The van der Waals surface area contributed by atoms with E-state index in [0.717, 1.165) is 12.8 Å². The first-order chi connectivity index (χ1) is 9.66. The van der Waals surface area contributed by atoms with E-state index < -0.39 is 18.0 Å². The predicted molar refractivity (Wildman–Crippen MR) is 72.3 cm³/mol. The summed E-state index contributed by atoms with van der Waals surface area (Å²) in [4.78, 5) is 23.1. The van der Waals surface area contributed by atoms with E-state index in [1.54, 1.807) is 30.3 Å². The van der Waals surface area contributed by atoms with Crippen molar-refractivity contribution in [1.29, 1.82) is 0 Å². The van der Waals surface area contributed by atoms with Gasteiger partial charge in [0.1, 0.15) is 0 Å². The van der Waals surface area contributed by atoms with Crippen molar-refractivity contribution in [1.82, 2.24) is 10.6 Å². The molecular weight excluding hydrogens is 260 g/mol. The number of urea groups is 1. The number of ether oxygens (including phenoxy) is 1. The standard InChI is InChI=1S/C14H18N2O4/c17-13(18)12(10-5-2-1-3-6-10)16-14(19)15-11-7-4-8-20-9-11/h1-3,5-6,11-12H,4,7-9H2,(H,17,18)(H2,15,16,19). The molecule has 1 fully saturated rings. The third kappa shape index (κ3) is 3.96. The summed E-state index contributed by atoms with van der Waals surface area (Å²) in [6.45, 7) is 1.18. The molecule has 1 aromatic rings. The Morgan fingerprint density at radius 2 is 2.05 bits per heavy atom. The van der Waals surface area contributed by atoms with Crippen LogP contribution in [0.1, 0.15) is 24.4 Å². The summed E-state index contributed by atoms with van der Waals surface area (Å²) < 4.78 is 5.26. The molecule has 2 unspecified atom stereocenters. The molecule has 20 heavy (non-hydrogen) atoms. The lowest BCUT2D eigenvalue weighted by Crippen LogP contribution is -2.47. The molecule has 0 saturated carbocycles. The van der Waals surface area contributed by atoms with E-state index in [9.17, 15) is 14.7 Å². The SMILES string of the molecule is O=C(NC1CCCOC1)NC(C(=O)O)c1ccccc1. The highest BCUT2D eigenvalue weighted by atomic mass is 16.5. The largest absolute Gasteiger partial charge is 0.479 e. The zero-order valence-corrected chi connectivity index (χ0v) is 11.0. The number of amides is 2. The molecule has 1 aromatic carbocycles. The molecule has 6 nitrogen and oxygen atoms in total. The van der Waals surface area contributed by atoms with Gasteiger partial charge < -0.3 is 20.5 Å². The lowest BCUT2D eigenvalue weighted by Gasteiger charge is -2.24. The second-order valence-electron chi connectivity index (χ2n) is 4.71. The lowest BCUT2D eigenvalue weighted by molar-refractivity contribution is -0.139. The lowest BCUT2D eigenvalue weighted by atomic mass is 10.1. The molecule has 6 heteroatoms. The fraction of sp³-hybridized carbons (Fsp3) is 0.429. The van der Waals surface area contributed by atoms with E-state index in [1.165, 1.54) is 0 Å². The van der Waals surface area contributed by atoms with Crippen LogP contribution in [0.2, 0.25) is 0 Å². The fourth-order valence-electron chi connectivity index (χ4n) is 2.15. The van der Waals surface area contributed by atoms with E-state index >= 15 is 0 Å². The number of rotatable bonds is 4. The Balaban J connectivity index is 1.94. The molecule has 1 aliphatic heterocycles. The van der Waals surface area contributed by atoms with Crippen molar-refractivity contribution in [3.8, 4) is 0 Å². The van der Waals surface area contributed by atoms with Crippen molar-refractivity contribution in [2.24, 2.45) is 0 Å². The van der Waals surface area contributed by atoms with Gasteiger partial charge in [-0.2, -0.15) is 0 Å². The number of nitrogens with one attached hydrogen (secondary N) is 2. The highest BCUT2D eigenvalue weighted by molar-refractivity contribution is 5.83. The van der Waals surface area contributed by atoms with E-state index in [0.29, 0.717) is 18.8 Å². The smallest absolute Gasteiger partial charge is 0.330 e. The molecular formula is C14H18N2O4. The molecule has 0 aromatic heterocycles. The molecule has 0 spiro atoms. The Morgan fingerprint density at radius 3 is 2.65 bits per heavy atom. The van der Waals surface area contributed by atoms with Crippen molar-refractivity contribution >= 4 is 12.0 Å². The third-order valence-electron chi connectivity index (χ3n) is 3.15. The zero-order valence-electron chi connectivity index (χ0n) is 11.0. The molecule has 2 rings (SSSR count). The van der Waals surface area contributed by atoms with Gasteiger partial charge in [-0.1, -0.05) is 30.3 Å². The molecule has 1 saturated heterocycles. The number of carbonyl (C=O) groups excluding carboxylic acids is 1. The first-order valence-corrected chi connectivity index (χ1v) is 6.59. The summed E-state index contributed by atoms with van der Waals surface area (Å²) in [5.41, 5.74) is 0.537. The van der Waals surface area contributed by atoms with Crippen molar-refractivity contribution in [3.05, 3.63) is 35.9 Å². The molecule has 0 aliphatic carbocycles. The van der Waals surface area contributed by atoms with Crippen molar-refractivity contribution in [2.45, 2.75) is 24.9 Å². The van der Waals surface area contributed by atoms with E-state index in [1.807, 2.05) is 0 Å². The first kappa shape index (κ1) is 14.3. The van der Waals surface area contributed by atoms with Crippen LogP contribution in [0.3, 0.4) is 0 Å². The van der Waals surface area contributed by atoms with Gasteiger partial charge in [0, 0.05) is 6.61 Å². The van der Waals surface area contributed by atoms with Gasteiger partial charge in [-0.15, -0.1) is 0 Å². The van der Waals surface area contributed by atoms with Crippen molar-refractivity contribution in [2.75, 3.05) is 13.2 Å². The van der Waals surface area contributed by atoms with Crippen LogP contribution >= 0.6 is 0 Å². The monoisotopic (exact) mass is 278 g/mol. The number of carbonyl (C=O) groups is 2. The average Bonchev–Trinajstić information content (AvgIpc) is 2.46. The number of benzene rings is 1. The van der Waals surface area contributed by atoms with Gasteiger partial charge in [0.15, 0.2) is 6.04 Å². The number of carboxylic acids is 1. The summed E-state index contributed by atoms with van der Waals surface area (Å²) in [5, 5.41) is 14.4. The summed E-state index contributed by atoms with van der Waals surface area (Å²) in [6.07, 6.45) is 1.74. The predicted octanol–water partition coefficient (Wildman–Crippen LogP) is 1.29. The van der Waals surface area contributed by atoms with Gasteiger partial charge >= 0.3 is 12.0 Å². The molecule has 0 radical (unpaired) electrons. The molecule has 108 valence electrons. The highest BCUT2D eigenvalue weighted by Crippen LogP contribution is 2.13. The normalized spacial score (nSPS) is 19.9. The highest BCUT2D eigenvalue weighted by Gasteiger charge is 2.23. The Hall–Kier alpha value is -2.08. The quantitative estimate of drug-likeness (QED) is 0.774. The summed E-state index contributed by atoms with van der Waals surface area (Å²) >= 11 is 0. The van der Waals surface area contributed by atoms with Crippen LogP contribution in [0.25, 0.3) is 0 Å². The van der Waals surface area contributed by atoms with Crippen molar-refractivity contribution in [3.63, 3.8) is 0 Å². The maximum absolute atomic E-state index is 11.9. The Bertz CT molecular complexity index is 458. The van der Waals surface area contributed by atoms with Gasteiger partial charge in [-0.25, -0.2) is 9.59 Å². The Labute approximate surface area is 117 Å². The minimum Gasteiger partial charge on any atom is -0.479 e. The van der Waals surface area contributed by atoms with E-state index in [4.69, 9.17) is 4.74 Å². The Kier molecular flexibility index (Phi) is 4.95. The molecule has 2 atom stereocenters. The van der Waals surface area contributed by atoms with Gasteiger partial charge in [-0.3, -0.25) is 0 Å². The van der Waals surface area contributed by atoms with Gasteiger partial charge in [0.2, 0.25) is 0 Å². The maximum Gasteiger partial charge on any atom is 0.330 e. The molecule has 1 aliphatic rings. The number of aliphatic carboxylic acids is 1. The Morgan fingerprint density at radius 1 is 1.30 bits per heavy atom. The van der Waals surface area contributed by atoms with Gasteiger partial charge in [0.05, 0.1) is 12.6 Å². The molecule has 0 bridgehead atoms. The number of hydrogen-bond donors (Lipinski definition) is 3. The van der Waals surface area contributed by atoms with Crippen molar-refractivity contribution < 1.29 is 19.4 Å². The fourth-order valence-corrected chi connectivity index (χ4v) is 2.15. The van der Waals surface area contributed by atoms with Crippen LogP contribution < -0.4 is 10.6 Å².